The van der Waals surface area contributed by atoms with E-state index in [0.717, 1.165) is 64.5 Å². The van der Waals surface area contributed by atoms with Gasteiger partial charge in [-0.3, -0.25) is 14.5 Å². The summed E-state index contributed by atoms with van der Waals surface area (Å²) in [6, 6.07) is 20.2. The summed E-state index contributed by atoms with van der Waals surface area (Å²) < 4.78 is 1.18. The molecule has 7 heteroatoms. The number of likely N-dealkylation sites (tertiary alicyclic amines) is 1. The average Bonchev–Trinajstić information content (AvgIpc) is 3.27. The lowest BCUT2D eigenvalue weighted by molar-refractivity contribution is -0.121. The van der Waals surface area contributed by atoms with Crippen LogP contribution < -0.4 is 10.6 Å². The van der Waals surface area contributed by atoms with Crippen LogP contribution in [0.3, 0.4) is 0 Å². The molecule has 4 aromatic rings. The fourth-order valence-electron chi connectivity index (χ4n) is 4.90. The topological polar surface area (TPSA) is 74.3 Å². The lowest BCUT2D eigenvalue weighted by Gasteiger charge is -2.30. The Kier molecular flexibility index (Phi) is 7.35. The van der Waals surface area contributed by atoms with Gasteiger partial charge in [-0.2, -0.15) is 0 Å². The number of amides is 2. The zero-order valence-electron chi connectivity index (χ0n) is 21.5. The molecule has 3 aromatic carbocycles. The highest BCUT2D eigenvalue weighted by atomic mass is 32.1. The first-order valence-electron chi connectivity index (χ1n) is 12.7. The van der Waals surface area contributed by atoms with Crippen LogP contribution in [0.15, 0.2) is 60.7 Å². The predicted octanol–water partition coefficient (Wildman–Crippen LogP) is 6.18. The molecule has 190 valence electrons. The lowest BCUT2D eigenvalue weighted by Crippen LogP contribution is -2.41. The van der Waals surface area contributed by atoms with Crippen LogP contribution in [0.25, 0.3) is 20.8 Å². The van der Waals surface area contributed by atoms with Gasteiger partial charge in [0.25, 0.3) is 0 Å². The van der Waals surface area contributed by atoms with Crippen molar-refractivity contribution in [3.8, 4) is 10.6 Å². The van der Waals surface area contributed by atoms with Gasteiger partial charge in [-0.1, -0.05) is 12.1 Å². The summed E-state index contributed by atoms with van der Waals surface area (Å²) in [7, 11) is 0. The van der Waals surface area contributed by atoms with E-state index in [9.17, 15) is 9.59 Å². The molecule has 37 heavy (non-hydrogen) atoms. The Labute approximate surface area is 221 Å². The van der Waals surface area contributed by atoms with E-state index in [1.54, 1.807) is 11.3 Å². The second-order valence-electron chi connectivity index (χ2n) is 10.0. The number of fused-ring (bicyclic) bond motifs is 1. The molecule has 0 saturated carbocycles. The lowest BCUT2D eigenvalue weighted by atomic mass is 9.95. The highest BCUT2D eigenvalue weighted by molar-refractivity contribution is 7.21. The van der Waals surface area contributed by atoms with Crippen molar-refractivity contribution in [1.29, 1.82) is 0 Å². The first-order valence-corrected chi connectivity index (χ1v) is 13.5. The molecule has 0 radical (unpaired) electrons. The minimum atomic E-state index is -0.0501. The fourth-order valence-corrected chi connectivity index (χ4v) is 5.97. The third-order valence-electron chi connectivity index (χ3n) is 6.77. The zero-order valence-corrected chi connectivity index (χ0v) is 22.3. The van der Waals surface area contributed by atoms with Gasteiger partial charge >= 0.3 is 0 Å². The summed E-state index contributed by atoms with van der Waals surface area (Å²) in [6.45, 7) is 7.94. The van der Waals surface area contributed by atoms with Crippen molar-refractivity contribution in [2.75, 3.05) is 30.3 Å². The van der Waals surface area contributed by atoms with Crippen LogP contribution in [-0.2, 0) is 9.59 Å². The van der Waals surface area contributed by atoms with Crippen molar-refractivity contribution in [1.82, 2.24) is 9.88 Å². The van der Waals surface area contributed by atoms with Gasteiger partial charge in [-0.25, -0.2) is 4.98 Å². The third kappa shape index (κ3) is 6.24. The Hall–Kier alpha value is -3.55. The van der Waals surface area contributed by atoms with Crippen LogP contribution in [0.5, 0.6) is 0 Å². The summed E-state index contributed by atoms with van der Waals surface area (Å²) in [4.78, 5) is 32.3. The Balaban J connectivity index is 1.11. The molecule has 1 aliphatic rings. The number of aryl methyl sites for hydroxylation is 3. The molecule has 6 nitrogen and oxygen atoms in total. The van der Waals surface area contributed by atoms with Crippen LogP contribution in [0, 0.1) is 26.7 Å². The second kappa shape index (κ2) is 10.8. The molecule has 2 heterocycles. The van der Waals surface area contributed by atoms with Crippen LogP contribution >= 0.6 is 11.3 Å². The molecule has 2 N–H and O–H groups in total. The monoisotopic (exact) mass is 512 g/mol. The molecule has 0 unspecified atom stereocenters. The summed E-state index contributed by atoms with van der Waals surface area (Å²) >= 11 is 1.68. The molecule has 0 atom stereocenters. The van der Waals surface area contributed by atoms with Crippen LogP contribution in [0.1, 0.15) is 29.5 Å². The predicted molar refractivity (Wildman–Crippen MR) is 152 cm³/mol. The van der Waals surface area contributed by atoms with Crippen LogP contribution in [-0.4, -0.2) is 41.3 Å². The number of thiazole rings is 1. The molecular weight excluding hydrogens is 480 g/mol. The fraction of sp³-hybridized carbons (Fsp3) is 0.300. The van der Waals surface area contributed by atoms with Crippen LogP contribution in [0.4, 0.5) is 11.4 Å². The molecule has 5 rings (SSSR count). The molecule has 0 spiro atoms. The van der Waals surface area contributed by atoms with Crippen molar-refractivity contribution < 1.29 is 9.59 Å². The number of rotatable bonds is 6. The van der Waals surface area contributed by atoms with E-state index in [4.69, 9.17) is 4.98 Å². The maximum absolute atomic E-state index is 12.9. The Morgan fingerprint density at radius 1 is 0.865 bits per heavy atom. The van der Waals surface area contributed by atoms with Gasteiger partial charge in [-0.05, 0) is 112 Å². The standard InChI is InChI=1S/C30H32N4O2S/c1-19-4-9-26-27(17-19)37-30(33-26)23-5-7-24(8-6-23)32-29(36)22-10-12-34(13-11-22)18-28(35)31-25-15-20(2)14-21(3)16-25/h4-9,14-17,22H,10-13,18H2,1-3H3,(H,31,35)(H,32,36). The molecule has 1 fully saturated rings. The molecule has 1 saturated heterocycles. The van der Waals surface area contributed by atoms with Crippen molar-refractivity contribution in [2.45, 2.75) is 33.6 Å². The van der Waals surface area contributed by atoms with Gasteiger partial charge in [0.15, 0.2) is 0 Å². The van der Waals surface area contributed by atoms with Gasteiger partial charge in [0.05, 0.1) is 16.8 Å². The highest BCUT2D eigenvalue weighted by Crippen LogP contribution is 2.31. The summed E-state index contributed by atoms with van der Waals surface area (Å²) in [5.74, 6) is -0.0234. The van der Waals surface area contributed by atoms with E-state index < -0.39 is 0 Å². The van der Waals surface area contributed by atoms with Gasteiger partial charge in [0.2, 0.25) is 11.8 Å². The van der Waals surface area contributed by atoms with Crippen molar-refractivity contribution >= 4 is 44.7 Å². The molecule has 0 bridgehead atoms. The molecule has 0 aliphatic carbocycles. The van der Waals surface area contributed by atoms with Crippen molar-refractivity contribution in [2.24, 2.45) is 5.92 Å². The Morgan fingerprint density at radius 3 is 2.27 bits per heavy atom. The van der Waals surface area contributed by atoms with E-state index in [1.807, 2.05) is 50.2 Å². The van der Waals surface area contributed by atoms with Gasteiger partial charge in [0, 0.05) is 22.9 Å². The van der Waals surface area contributed by atoms with Crippen molar-refractivity contribution in [3.05, 3.63) is 77.4 Å². The molecular formula is C30H32N4O2S. The average molecular weight is 513 g/mol. The number of aromatic nitrogens is 1. The van der Waals surface area contributed by atoms with E-state index in [0.29, 0.717) is 6.54 Å². The Morgan fingerprint density at radius 2 is 1.57 bits per heavy atom. The number of piperidine rings is 1. The van der Waals surface area contributed by atoms with E-state index in [1.165, 1.54) is 10.3 Å². The Bertz CT molecular complexity index is 1420. The zero-order chi connectivity index (χ0) is 25.9. The number of nitrogens with zero attached hydrogens (tertiary/aromatic N) is 2. The highest BCUT2D eigenvalue weighted by Gasteiger charge is 2.26. The summed E-state index contributed by atoms with van der Waals surface area (Å²) in [5, 5.41) is 7.05. The smallest absolute Gasteiger partial charge is 0.238 e. The number of carbonyl (C=O) groups is 2. The van der Waals surface area contributed by atoms with Gasteiger partial charge in [0.1, 0.15) is 5.01 Å². The van der Waals surface area contributed by atoms with Crippen molar-refractivity contribution in [3.63, 3.8) is 0 Å². The summed E-state index contributed by atoms with van der Waals surface area (Å²) in [6.07, 6.45) is 1.48. The second-order valence-corrected chi connectivity index (χ2v) is 11.1. The van der Waals surface area contributed by atoms with Gasteiger partial charge in [-0.15, -0.1) is 11.3 Å². The normalized spacial score (nSPS) is 14.6. The summed E-state index contributed by atoms with van der Waals surface area (Å²) in [5.41, 5.74) is 7.17. The number of carbonyl (C=O) groups excluding carboxylic acids is 2. The SMILES string of the molecule is Cc1cc(C)cc(NC(=O)CN2CCC(C(=O)Nc3ccc(-c4nc5ccc(C)cc5s4)cc3)CC2)c1. The number of nitrogens with one attached hydrogen (secondary N) is 2. The van der Waals surface area contributed by atoms with Gasteiger partial charge < -0.3 is 10.6 Å². The number of hydrogen-bond acceptors (Lipinski definition) is 5. The van der Waals surface area contributed by atoms with E-state index >= 15 is 0 Å². The number of anilines is 2. The largest absolute Gasteiger partial charge is 0.326 e. The quantitative estimate of drug-likeness (QED) is 0.324. The number of hydrogen-bond donors (Lipinski definition) is 2. The molecule has 1 aliphatic heterocycles. The number of benzene rings is 3. The maximum Gasteiger partial charge on any atom is 0.238 e. The minimum absolute atomic E-state index is 0.0174. The third-order valence-corrected chi connectivity index (χ3v) is 7.84. The molecule has 1 aromatic heterocycles. The maximum atomic E-state index is 12.9. The molecule has 2 amide bonds. The first-order chi connectivity index (χ1) is 17.8. The minimum Gasteiger partial charge on any atom is -0.326 e. The first kappa shape index (κ1) is 25.1. The van der Waals surface area contributed by atoms with E-state index in [2.05, 4.69) is 46.7 Å². The van der Waals surface area contributed by atoms with E-state index in [-0.39, 0.29) is 17.7 Å². The van der Waals surface area contributed by atoms with Crippen LogP contribution in [0.2, 0.25) is 0 Å².